The molecule has 6 aromatic carbocycles. The van der Waals surface area contributed by atoms with Crippen LogP contribution in [0.15, 0.2) is 152 Å². The second-order valence-corrected chi connectivity index (χ2v) is 13.5. The Labute approximate surface area is 296 Å². The molecule has 6 aromatic rings. The van der Waals surface area contributed by atoms with E-state index in [1.165, 1.54) is 33.9 Å². The zero-order valence-corrected chi connectivity index (χ0v) is 29.8. The second kappa shape index (κ2) is 14.3. The zero-order chi connectivity index (χ0) is 35.4. The van der Waals surface area contributed by atoms with Crippen LogP contribution in [0.25, 0.3) is 0 Å². The Kier molecular flexibility index (Phi) is 9.74. The maximum atomic E-state index is 12.1. The lowest BCUT2D eigenvalue weighted by Gasteiger charge is -2.30. The van der Waals surface area contributed by atoms with Crippen molar-refractivity contribution in [3.63, 3.8) is 0 Å². The fourth-order valence-electron chi connectivity index (χ4n) is 6.18. The monoisotopic (exact) mass is 656 g/mol. The largest absolute Gasteiger partial charge is 0.423 e. The van der Waals surface area contributed by atoms with Gasteiger partial charge in [0.15, 0.2) is 0 Å². The molecule has 0 aliphatic rings. The standard InChI is InChI=1S/C46H44N2O2/c1-8-45(49)50-44-31-43(26-15-35(44)5)48(40-24-13-34(4)14-25-40)42-29-18-37(19-30-42)46(6,7)36-16-27-41(28-17-36)47(38-20-9-32(2)10-21-38)39-22-11-33(3)12-23-39/h8-31H,1H2,2-7H3. The second-order valence-electron chi connectivity index (χ2n) is 13.5. The van der Waals surface area contributed by atoms with Crippen molar-refractivity contribution in [3.8, 4) is 5.75 Å². The van der Waals surface area contributed by atoms with Crippen LogP contribution in [0.3, 0.4) is 0 Å². The van der Waals surface area contributed by atoms with E-state index in [4.69, 9.17) is 4.74 Å². The molecule has 0 heterocycles. The average molecular weight is 657 g/mol. The topological polar surface area (TPSA) is 32.8 Å². The molecule has 0 fully saturated rings. The molecule has 0 bridgehead atoms. The molecule has 0 N–H and O–H groups in total. The van der Waals surface area contributed by atoms with Gasteiger partial charge in [-0.05, 0) is 111 Å². The van der Waals surface area contributed by atoms with Crippen molar-refractivity contribution in [3.05, 3.63) is 186 Å². The predicted octanol–water partition coefficient (Wildman–Crippen LogP) is 12.3. The van der Waals surface area contributed by atoms with Gasteiger partial charge in [0.25, 0.3) is 0 Å². The number of carbonyl (C=O) groups excluding carboxylic acids is 1. The number of aryl methyl sites for hydroxylation is 4. The number of nitrogens with zero attached hydrogens (tertiary/aromatic N) is 2. The highest BCUT2D eigenvalue weighted by Gasteiger charge is 2.25. The number of carbonyl (C=O) groups is 1. The summed E-state index contributed by atoms with van der Waals surface area (Å²) in [5.74, 6) is 0.0267. The molecule has 0 aliphatic carbocycles. The van der Waals surface area contributed by atoms with Gasteiger partial charge in [-0.25, -0.2) is 4.79 Å². The maximum absolute atomic E-state index is 12.1. The molecule has 4 heteroatoms. The van der Waals surface area contributed by atoms with E-state index >= 15 is 0 Å². The molecule has 0 amide bonds. The number of ether oxygens (including phenoxy) is 1. The molecule has 0 aliphatic heterocycles. The summed E-state index contributed by atoms with van der Waals surface area (Å²) >= 11 is 0. The van der Waals surface area contributed by atoms with Crippen LogP contribution in [-0.2, 0) is 10.2 Å². The third-order valence-electron chi connectivity index (χ3n) is 9.38. The highest BCUT2D eigenvalue weighted by molar-refractivity contribution is 5.84. The van der Waals surface area contributed by atoms with Crippen molar-refractivity contribution in [1.29, 1.82) is 0 Å². The Morgan fingerprint density at radius 2 is 0.840 bits per heavy atom. The number of esters is 1. The van der Waals surface area contributed by atoms with E-state index in [-0.39, 0.29) is 5.41 Å². The first-order valence-electron chi connectivity index (χ1n) is 17.0. The van der Waals surface area contributed by atoms with Gasteiger partial charge in [-0.15, -0.1) is 0 Å². The van der Waals surface area contributed by atoms with Crippen molar-refractivity contribution < 1.29 is 9.53 Å². The van der Waals surface area contributed by atoms with Crippen LogP contribution in [-0.4, -0.2) is 5.97 Å². The molecule has 0 spiro atoms. The Morgan fingerprint density at radius 1 is 0.520 bits per heavy atom. The normalized spacial score (nSPS) is 11.2. The molecule has 0 unspecified atom stereocenters. The number of anilines is 6. The van der Waals surface area contributed by atoms with Crippen LogP contribution < -0.4 is 14.5 Å². The van der Waals surface area contributed by atoms with E-state index in [1.807, 2.05) is 19.1 Å². The van der Waals surface area contributed by atoms with E-state index in [1.54, 1.807) is 0 Å². The summed E-state index contributed by atoms with van der Waals surface area (Å²) in [5, 5.41) is 0. The van der Waals surface area contributed by atoms with Gasteiger partial charge in [0.2, 0.25) is 0 Å². The summed E-state index contributed by atoms with van der Waals surface area (Å²) < 4.78 is 5.58. The molecule has 50 heavy (non-hydrogen) atoms. The molecule has 6 rings (SSSR count). The molecule has 0 atom stereocenters. The first kappa shape index (κ1) is 34.0. The van der Waals surface area contributed by atoms with Gasteiger partial charge in [-0.3, -0.25) is 0 Å². The first-order valence-corrected chi connectivity index (χ1v) is 17.0. The van der Waals surface area contributed by atoms with Crippen molar-refractivity contribution >= 4 is 40.1 Å². The van der Waals surface area contributed by atoms with Gasteiger partial charge in [0, 0.05) is 51.7 Å². The fraction of sp³-hybridized carbons (Fsp3) is 0.152. The number of benzene rings is 6. The third-order valence-corrected chi connectivity index (χ3v) is 9.38. The molecule has 4 nitrogen and oxygen atoms in total. The molecule has 0 aromatic heterocycles. The summed E-state index contributed by atoms with van der Waals surface area (Å²) in [6.45, 7) is 16.3. The van der Waals surface area contributed by atoms with Crippen molar-refractivity contribution in [2.24, 2.45) is 0 Å². The van der Waals surface area contributed by atoms with Crippen LogP contribution in [0, 0.1) is 27.7 Å². The summed E-state index contributed by atoms with van der Waals surface area (Å²) in [6, 6.07) is 49.4. The molecule has 0 saturated carbocycles. The molecule has 250 valence electrons. The minimum absolute atomic E-state index is 0.250. The lowest BCUT2D eigenvalue weighted by Crippen LogP contribution is -2.19. The van der Waals surface area contributed by atoms with Gasteiger partial charge in [0.1, 0.15) is 5.75 Å². The SMILES string of the molecule is C=CC(=O)Oc1cc(N(c2ccc(C)cc2)c2ccc(C(C)(C)c3ccc(N(c4ccc(C)cc4)c4ccc(C)cc4)cc3)cc2)ccc1C. The van der Waals surface area contributed by atoms with Crippen molar-refractivity contribution in [1.82, 2.24) is 0 Å². The number of hydrogen-bond acceptors (Lipinski definition) is 4. The molecule has 0 saturated heterocycles. The van der Waals surface area contributed by atoms with E-state index < -0.39 is 5.97 Å². The van der Waals surface area contributed by atoms with E-state index in [0.29, 0.717) is 5.75 Å². The van der Waals surface area contributed by atoms with E-state index in [0.717, 1.165) is 39.7 Å². The minimum atomic E-state index is -0.482. The summed E-state index contributed by atoms with van der Waals surface area (Å²) in [4.78, 5) is 16.6. The fourth-order valence-corrected chi connectivity index (χ4v) is 6.18. The first-order chi connectivity index (χ1) is 24.0. The van der Waals surface area contributed by atoms with E-state index in [9.17, 15) is 4.79 Å². The highest BCUT2D eigenvalue weighted by Crippen LogP contribution is 2.41. The zero-order valence-electron chi connectivity index (χ0n) is 29.8. The van der Waals surface area contributed by atoms with E-state index in [2.05, 4.69) is 178 Å². The summed E-state index contributed by atoms with van der Waals surface area (Å²) in [6.07, 6.45) is 1.18. The Balaban J connectivity index is 1.32. The van der Waals surface area contributed by atoms with Crippen LogP contribution in [0.2, 0.25) is 0 Å². The lowest BCUT2D eigenvalue weighted by atomic mass is 9.78. The van der Waals surface area contributed by atoms with Gasteiger partial charge >= 0.3 is 5.97 Å². The number of hydrogen-bond donors (Lipinski definition) is 0. The van der Waals surface area contributed by atoms with Crippen molar-refractivity contribution in [2.75, 3.05) is 9.80 Å². The van der Waals surface area contributed by atoms with Crippen LogP contribution in [0.5, 0.6) is 5.75 Å². The summed E-state index contributed by atoms with van der Waals surface area (Å²) in [5.41, 5.74) is 13.0. The van der Waals surface area contributed by atoms with Gasteiger partial charge in [-0.2, -0.15) is 0 Å². The smallest absolute Gasteiger partial charge is 0.335 e. The number of rotatable bonds is 10. The maximum Gasteiger partial charge on any atom is 0.335 e. The summed E-state index contributed by atoms with van der Waals surface area (Å²) in [7, 11) is 0. The van der Waals surface area contributed by atoms with Gasteiger partial charge in [-0.1, -0.05) is 104 Å². The van der Waals surface area contributed by atoms with Gasteiger partial charge < -0.3 is 14.5 Å². The Bertz CT molecular complexity index is 2050. The Morgan fingerprint density at radius 3 is 1.20 bits per heavy atom. The van der Waals surface area contributed by atoms with Crippen LogP contribution in [0.1, 0.15) is 47.2 Å². The minimum Gasteiger partial charge on any atom is -0.423 e. The molecule has 0 radical (unpaired) electrons. The lowest BCUT2D eigenvalue weighted by molar-refractivity contribution is -0.129. The van der Waals surface area contributed by atoms with Gasteiger partial charge in [0.05, 0.1) is 0 Å². The third kappa shape index (κ3) is 7.25. The van der Waals surface area contributed by atoms with Crippen LogP contribution >= 0.6 is 0 Å². The highest BCUT2D eigenvalue weighted by atomic mass is 16.5. The quantitative estimate of drug-likeness (QED) is 0.0834. The average Bonchev–Trinajstić information content (AvgIpc) is 3.12. The Hall–Kier alpha value is -5.87. The van der Waals surface area contributed by atoms with Crippen molar-refractivity contribution in [2.45, 2.75) is 47.0 Å². The predicted molar refractivity (Wildman–Crippen MR) is 209 cm³/mol. The van der Waals surface area contributed by atoms with Crippen LogP contribution in [0.4, 0.5) is 34.1 Å². The molecular formula is C46H44N2O2. The molecular weight excluding hydrogens is 613 g/mol.